The molecule has 0 unspecified atom stereocenters. The molecule has 0 radical (unpaired) electrons. The van der Waals surface area contributed by atoms with E-state index in [-0.39, 0.29) is 21.2 Å². The third-order valence-electron chi connectivity index (χ3n) is 18.4. The number of benzene rings is 4. The van der Waals surface area contributed by atoms with E-state index in [1.54, 1.807) is 0 Å². The topological polar surface area (TPSA) is 26.3 Å². The second-order valence-corrected chi connectivity index (χ2v) is 29.5. The van der Waals surface area contributed by atoms with Crippen LogP contribution in [0, 0.1) is 7.53 Å². The normalized spacial score (nSPS) is 13.1. The number of alkyl halides is 24. The minimum Gasteiger partial charge on any atom is -0.423 e. The highest BCUT2D eigenvalue weighted by Gasteiger charge is 2.47. The molecule has 6 rings (SSSR count). The predicted octanol–water partition coefficient (Wildman–Crippen LogP) is 23.8. The molecule has 2 nitrogen and oxygen atoms in total. The standard InChI is InChI=1S/C44H78IO2.C32H12BF24/c1-3-5-7-9-11-13-15-17-19-21-23-25-27-29-31-33-35-41-37-39-43(46-41)45-44-40-38-42(47-44)36-34-32-30-28-26-24-22-20-18-16-14-12-10-8-6-4-2;34-25(35,36)13-1-14(26(37,38)39)6-21(5-13)33(22-7-15(27(40,41)42)2-16(8-22)28(43,44)45,23-9-17(29(46,47)48)3-18(10-23)30(49,50)51)24-11-19(31(52,53)54)4-20(12-24)32(55,56)57/h37-40H,3-36H2,1-2H3;1-12H/q+1;-1. The van der Waals surface area contributed by atoms with E-state index in [1.165, 1.54) is 217 Å². The number of hydrogen-bond donors (Lipinski definition) is 0. The van der Waals surface area contributed by atoms with Crippen LogP contribution >= 0.6 is 0 Å². The second-order valence-electron chi connectivity index (χ2n) is 26.8. The van der Waals surface area contributed by atoms with Gasteiger partial charge in [-0.15, -0.1) is 0 Å². The van der Waals surface area contributed by atoms with E-state index in [9.17, 15) is 105 Å². The third kappa shape index (κ3) is 29.6. The molecule has 0 fully saturated rings. The van der Waals surface area contributed by atoms with E-state index in [0.29, 0.717) is 0 Å². The van der Waals surface area contributed by atoms with Gasteiger partial charge in [0.15, 0.2) is 0 Å². The van der Waals surface area contributed by atoms with Crippen molar-refractivity contribution in [3.05, 3.63) is 161 Å². The van der Waals surface area contributed by atoms with Crippen LogP contribution in [0.2, 0.25) is 0 Å². The highest BCUT2D eigenvalue weighted by atomic mass is 127. The summed E-state index contributed by atoms with van der Waals surface area (Å²) in [5, 5.41) is 0. The van der Waals surface area contributed by atoms with Crippen molar-refractivity contribution < 1.29 is 135 Å². The van der Waals surface area contributed by atoms with Gasteiger partial charge in [-0.05, 0) is 49.2 Å². The third-order valence-corrected chi connectivity index (χ3v) is 20.7. The van der Waals surface area contributed by atoms with E-state index < -0.39 is 195 Å². The van der Waals surface area contributed by atoms with E-state index in [2.05, 4.69) is 38.1 Å². The SMILES string of the molecule is CCCCCCCCCCCCCCCCCCc1ccc([I+]c2ccc(CCCCCCCCCCCCCCCCCC)o2)o1.FC(F)(F)c1cc([B-](c2cc(C(F)(F)F)cc(C(F)(F)F)c2)(c2cc(C(F)(F)F)cc(C(F)(F)F)c2)c2cc(C(F)(F)F)cc(C(F)(F)F)c2)cc(C(F)(F)F)c1. The van der Waals surface area contributed by atoms with Gasteiger partial charge in [0.2, 0.25) is 0 Å². The average molecular weight is 1630 g/mol. The van der Waals surface area contributed by atoms with Gasteiger partial charge in [-0.2, -0.15) is 127 Å². The maximum atomic E-state index is 14.2. The lowest BCUT2D eigenvalue weighted by atomic mass is 9.12. The average Bonchev–Trinajstić information content (AvgIpc) is 0.760. The Kier molecular flexibility index (Phi) is 34.9. The zero-order chi connectivity index (χ0) is 77.2. The monoisotopic (exact) mass is 1630 g/mol. The first kappa shape index (κ1) is 89.2. The molecule has 0 aliphatic heterocycles. The van der Waals surface area contributed by atoms with Crippen LogP contribution in [0.5, 0.6) is 0 Å². The van der Waals surface area contributed by atoms with Gasteiger partial charge in [0.25, 0.3) is 0 Å². The van der Waals surface area contributed by atoms with Gasteiger partial charge in [0.1, 0.15) is 17.7 Å². The molecule has 0 aliphatic rings. The molecule has 2 heterocycles. The Labute approximate surface area is 602 Å². The van der Waals surface area contributed by atoms with E-state index in [4.69, 9.17) is 8.83 Å². The number of furan rings is 2. The van der Waals surface area contributed by atoms with Gasteiger partial charge in [-0.1, -0.05) is 255 Å². The summed E-state index contributed by atoms with van der Waals surface area (Å²) >= 11 is -0.346. The van der Waals surface area contributed by atoms with Crippen LogP contribution in [-0.4, -0.2) is 6.15 Å². The minimum atomic E-state index is -6.13. The fraction of sp³-hybridized carbons (Fsp3) is 0.579. The molecule has 0 amide bonds. The Morgan fingerprint density at radius 1 is 0.231 bits per heavy atom. The summed E-state index contributed by atoms with van der Waals surface area (Å²) in [4.78, 5) is 0. The Bertz CT molecular complexity index is 2960. The second kappa shape index (κ2) is 40.7. The van der Waals surface area contributed by atoms with Crippen molar-refractivity contribution in [2.75, 3.05) is 0 Å². The molecule has 0 spiro atoms. The molecule has 104 heavy (non-hydrogen) atoms. The molecule has 584 valence electrons. The zero-order valence-corrected chi connectivity index (χ0v) is 60.3. The molecule has 0 saturated carbocycles. The van der Waals surface area contributed by atoms with Crippen LogP contribution < -0.4 is 43.1 Å². The molecule has 0 N–H and O–H groups in total. The Balaban J connectivity index is 0.000000381. The van der Waals surface area contributed by atoms with Crippen molar-refractivity contribution in [1.29, 1.82) is 0 Å². The van der Waals surface area contributed by atoms with Gasteiger partial charge in [-0.3, -0.25) is 0 Å². The predicted molar refractivity (Wildman–Crippen MR) is 351 cm³/mol. The smallest absolute Gasteiger partial charge is 0.423 e. The van der Waals surface area contributed by atoms with Crippen LogP contribution in [0.4, 0.5) is 105 Å². The fourth-order valence-electron chi connectivity index (χ4n) is 12.9. The van der Waals surface area contributed by atoms with E-state index >= 15 is 0 Å². The van der Waals surface area contributed by atoms with Gasteiger partial charge in [-0.25, -0.2) is 0 Å². The van der Waals surface area contributed by atoms with Crippen LogP contribution in [0.25, 0.3) is 0 Å². The zero-order valence-electron chi connectivity index (χ0n) is 58.1. The lowest BCUT2D eigenvalue weighted by molar-refractivity contribution is -0.636. The van der Waals surface area contributed by atoms with Crippen molar-refractivity contribution in [3.63, 3.8) is 0 Å². The lowest BCUT2D eigenvalue weighted by Gasteiger charge is -2.46. The number of hydrogen-bond acceptors (Lipinski definition) is 2. The summed E-state index contributed by atoms with van der Waals surface area (Å²) in [7, 11) is 0. The van der Waals surface area contributed by atoms with Crippen molar-refractivity contribution in [3.8, 4) is 0 Å². The molecular weight excluding hydrogens is 1540 g/mol. The first-order chi connectivity index (χ1) is 48.6. The molecule has 2 aromatic heterocycles. The maximum Gasteiger partial charge on any atom is 0.442 e. The van der Waals surface area contributed by atoms with E-state index in [0.717, 1.165) is 20.4 Å². The molecular formula is C76H90BF24IO2. The Morgan fingerprint density at radius 3 is 0.558 bits per heavy atom. The highest BCUT2D eigenvalue weighted by Crippen LogP contribution is 2.42. The van der Waals surface area contributed by atoms with Gasteiger partial charge >= 0.3 is 78.1 Å². The number of unbranched alkanes of at least 4 members (excludes halogenated alkanes) is 30. The van der Waals surface area contributed by atoms with Crippen LogP contribution in [0.15, 0.2) is 106 Å². The van der Waals surface area contributed by atoms with Gasteiger partial charge in [0, 0.05) is 25.0 Å². The largest absolute Gasteiger partial charge is 0.442 e. The summed E-state index contributed by atoms with van der Waals surface area (Å²) < 4.78 is 356. The fourth-order valence-corrected chi connectivity index (χ4v) is 15.0. The molecule has 0 atom stereocenters. The molecule has 28 heteroatoms. The summed E-state index contributed by atoms with van der Waals surface area (Å²) in [5.74, 6) is 2.34. The Morgan fingerprint density at radius 2 is 0.394 bits per heavy atom. The van der Waals surface area contributed by atoms with Crippen molar-refractivity contribution >= 4 is 28.0 Å². The van der Waals surface area contributed by atoms with Crippen LogP contribution in [0.1, 0.15) is 275 Å². The summed E-state index contributed by atoms with van der Waals surface area (Å²) in [6.07, 6.45) is -7.21. The molecule has 0 saturated heterocycles. The quantitative estimate of drug-likeness (QED) is 0.0166. The first-order valence-electron chi connectivity index (χ1n) is 35.8. The molecule has 0 bridgehead atoms. The number of aryl methyl sites for hydroxylation is 2. The molecule has 6 aromatic rings. The first-order valence-corrected chi connectivity index (χ1v) is 37.9. The van der Waals surface area contributed by atoms with E-state index in [1.807, 2.05) is 0 Å². The van der Waals surface area contributed by atoms with Gasteiger partial charge < -0.3 is 8.83 Å². The molecule has 4 aromatic carbocycles. The highest BCUT2D eigenvalue weighted by molar-refractivity contribution is 7.20. The summed E-state index contributed by atoms with van der Waals surface area (Å²) in [6.45, 7) is 4.60. The van der Waals surface area contributed by atoms with Crippen LogP contribution in [-0.2, 0) is 62.3 Å². The maximum absolute atomic E-state index is 14.2. The van der Waals surface area contributed by atoms with Crippen molar-refractivity contribution in [1.82, 2.24) is 0 Å². The van der Waals surface area contributed by atoms with Crippen molar-refractivity contribution in [2.45, 2.75) is 282 Å². The van der Waals surface area contributed by atoms with Crippen LogP contribution in [0.3, 0.4) is 0 Å². The summed E-state index contributed by atoms with van der Waals surface area (Å²) in [6, 6.07) is 0.0101. The Hall–Kier alpha value is -5.45. The van der Waals surface area contributed by atoms with Crippen molar-refractivity contribution in [2.24, 2.45) is 0 Å². The van der Waals surface area contributed by atoms with Gasteiger partial charge in [0.05, 0.1) is 44.5 Å². The minimum absolute atomic E-state index is 0.346. The molecule has 0 aliphatic carbocycles. The number of halogens is 25. The summed E-state index contributed by atoms with van der Waals surface area (Å²) in [5.41, 5.74) is -30.2. The lowest BCUT2D eigenvalue weighted by Crippen LogP contribution is -3.61. The number of rotatable bonds is 40.